The Labute approximate surface area is 183 Å². The quantitative estimate of drug-likeness (QED) is 0.455. The molecular formula is C21H22N6O3S. The van der Waals surface area contributed by atoms with Crippen molar-refractivity contribution in [3.8, 4) is 11.8 Å². The summed E-state index contributed by atoms with van der Waals surface area (Å²) in [5, 5.41) is 13.2. The van der Waals surface area contributed by atoms with Crippen molar-refractivity contribution < 1.29 is 9.90 Å². The van der Waals surface area contributed by atoms with Crippen molar-refractivity contribution in [1.82, 2.24) is 24.4 Å². The van der Waals surface area contributed by atoms with Crippen LogP contribution in [-0.2, 0) is 13.6 Å². The van der Waals surface area contributed by atoms with Gasteiger partial charge in [0.2, 0.25) is 5.95 Å². The van der Waals surface area contributed by atoms with Crippen LogP contribution in [0.15, 0.2) is 39.1 Å². The molecule has 0 unspecified atom stereocenters. The maximum Gasteiger partial charge on any atom is 0.336 e. The van der Waals surface area contributed by atoms with Gasteiger partial charge in [-0.2, -0.15) is 4.98 Å². The van der Waals surface area contributed by atoms with Crippen molar-refractivity contribution in [1.29, 1.82) is 0 Å². The molecule has 160 valence electrons. The van der Waals surface area contributed by atoms with Gasteiger partial charge in [0.25, 0.3) is 5.56 Å². The second-order valence-corrected chi connectivity index (χ2v) is 8.01. The van der Waals surface area contributed by atoms with Crippen LogP contribution >= 0.6 is 11.8 Å². The molecule has 1 aliphatic rings. The molecule has 1 aliphatic heterocycles. The van der Waals surface area contributed by atoms with E-state index in [0.717, 1.165) is 37.9 Å². The van der Waals surface area contributed by atoms with Crippen molar-refractivity contribution in [2.45, 2.75) is 23.5 Å². The maximum absolute atomic E-state index is 13.3. The van der Waals surface area contributed by atoms with Crippen LogP contribution in [0.25, 0.3) is 11.2 Å². The summed E-state index contributed by atoms with van der Waals surface area (Å²) in [6.07, 6.45) is 0. The third-order valence-corrected chi connectivity index (χ3v) is 6.18. The van der Waals surface area contributed by atoms with Crippen LogP contribution < -0.4 is 15.8 Å². The molecule has 0 spiro atoms. The van der Waals surface area contributed by atoms with E-state index in [2.05, 4.69) is 27.0 Å². The van der Waals surface area contributed by atoms with Crippen molar-refractivity contribution in [2.75, 3.05) is 31.1 Å². The van der Waals surface area contributed by atoms with Gasteiger partial charge in [-0.25, -0.2) is 9.78 Å². The highest BCUT2D eigenvalue weighted by Gasteiger charge is 2.23. The van der Waals surface area contributed by atoms with Gasteiger partial charge < -0.3 is 15.3 Å². The number of aromatic carboxylic acids is 1. The molecule has 0 amide bonds. The summed E-state index contributed by atoms with van der Waals surface area (Å²) in [5.41, 5.74) is 0.652. The van der Waals surface area contributed by atoms with E-state index in [1.165, 1.54) is 10.6 Å². The molecule has 9 nitrogen and oxygen atoms in total. The zero-order chi connectivity index (χ0) is 22.0. The van der Waals surface area contributed by atoms with Gasteiger partial charge >= 0.3 is 5.97 Å². The maximum atomic E-state index is 13.3. The number of nitrogens with zero attached hydrogens (tertiary/aromatic N) is 5. The van der Waals surface area contributed by atoms with Gasteiger partial charge in [0.15, 0.2) is 16.3 Å². The number of benzene rings is 1. The lowest BCUT2D eigenvalue weighted by atomic mass is 10.2. The lowest BCUT2D eigenvalue weighted by molar-refractivity contribution is 0.0693. The fraction of sp³-hybridized carbons (Fsp3) is 0.333. The van der Waals surface area contributed by atoms with Crippen LogP contribution in [0.2, 0.25) is 0 Å². The summed E-state index contributed by atoms with van der Waals surface area (Å²) < 4.78 is 3.26. The lowest BCUT2D eigenvalue weighted by Crippen LogP contribution is -2.44. The molecule has 0 bridgehead atoms. The molecule has 2 N–H and O–H groups in total. The van der Waals surface area contributed by atoms with Gasteiger partial charge in [0.1, 0.15) is 0 Å². The molecule has 0 radical (unpaired) electrons. The van der Waals surface area contributed by atoms with Crippen LogP contribution in [0, 0.1) is 11.8 Å². The van der Waals surface area contributed by atoms with Crippen molar-refractivity contribution in [3.05, 3.63) is 40.2 Å². The second-order valence-electron chi connectivity index (χ2n) is 7.00. The number of hydrogen-bond donors (Lipinski definition) is 2. The predicted octanol–water partition coefficient (Wildman–Crippen LogP) is 1.41. The van der Waals surface area contributed by atoms with Gasteiger partial charge in [-0.05, 0) is 19.1 Å². The average Bonchev–Trinajstić information content (AvgIpc) is 3.15. The number of aromatic nitrogens is 4. The zero-order valence-electron chi connectivity index (χ0n) is 17.3. The number of rotatable bonds is 5. The van der Waals surface area contributed by atoms with E-state index in [-0.39, 0.29) is 11.1 Å². The fourth-order valence-corrected chi connectivity index (χ4v) is 4.43. The summed E-state index contributed by atoms with van der Waals surface area (Å²) in [7, 11) is 1.63. The van der Waals surface area contributed by atoms with Crippen LogP contribution in [-0.4, -0.2) is 56.4 Å². The molecule has 2 aromatic heterocycles. The first kappa shape index (κ1) is 21.0. The predicted molar refractivity (Wildman–Crippen MR) is 119 cm³/mol. The Kier molecular flexibility index (Phi) is 5.97. The smallest absolute Gasteiger partial charge is 0.336 e. The minimum Gasteiger partial charge on any atom is -0.478 e. The number of anilines is 1. The Morgan fingerprint density at radius 3 is 2.71 bits per heavy atom. The summed E-state index contributed by atoms with van der Waals surface area (Å²) in [6, 6.07) is 6.65. The molecular weight excluding hydrogens is 416 g/mol. The minimum absolute atomic E-state index is 0.159. The van der Waals surface area contributed by atoms with E-state index < -0.39 is 5.97 Å². The van der Waals surface area contributed by atoms with Gasteiger partial charge in [-0.15, -0.1) is 5.92 Å². The second kappa shape index (κ2) is 8.83. The third-order valence-electron chi connectivity index (χ3n) is 5.06. The Morgan fingerprint density at radius 1 is 1.26 bits per heavy atom. The first-order valence-electron chi connectivity index (χ1n) is 9.84. The minimum atomic E-state index is -1.03. The normalized spacial score (nSPS) is 13.8. The number of carbonyl (C=O) groups is 1. The highest BCUT2D eigenvalue weighted by molar-refractivity contribution is 7.99. The van der Waals surface area contributed by atoms with E-state index in [9.17, 15) is 14.7 Å². The van der Waals surface area contributed by atoms with E-state index >= 15 is 0 Å². The molecule has 0 saturated carbocycles. The van der Waals surface area contributed by atoms with Crippen LogP contribution in [0.4, 0.5) is 5.95 Å². The summed E-state index contributed by atoms with van der Waals surface area (Å²) in [6.45, 7) is 5.32. The van der Waals surface area contributed by atoms with Gasteiger partial charge in [0.05, 0.1) is 12.1 Å². The van der Waals surface area contributed by atoms with Crippen LogP contribution in [0.1, 0.15) is 17.3 Å². The summed E-state index contributed by atoms with van der Waals surface area (Å²) >= 11 is 1.14. The Hall–Kier alpha value is -3.29. The van der Waals surface area contributed by atoms with E-state index in [1.807, 2.05) is 4.57 Å². The first-order valence-corrected chi connectivity index (χ1v) is 10.7. The zero-order valence-corrected chi connectivity index (χ0v) is 18.1. The Morgan fingerprint density at radius 2 is 2.00 bits per heavy atom. The molecule has 3 aromatic rings. The first-order chi connectivity index (χ1) is 15.0. The lowest BCUT2D eigenvalue weighted by Gasteiger charge is -2.28. The monoisotopic (exact) mass is 438 g/mol. The summed E-state index contributed by atoms with van der Waals surface area (Å²) in [5.74, 6) is 5.55. The molecule has 1 saturated heterocycles. The van der Waals surface area contributed by atoms with Gasteiger partial charge in [-0.3, -0.25) is 13.9 Å². The molecule has 1 aromatic carbocycles. The van der Waals surface area contributed by atoms with Crippen LogP contribution in [0.5, 0.6) is 0 Å². The van der Waals surface area contributed by atoms with E-state index in [1.54, 1.807) is 32.2 Å². The molecule has 10 heteroatoms. The van der Waals surface area contributed by atoms with Gasteiger partial charge in [-0.1, -0.05) is 29.8 Å². The van der Waals surface area contributed by atoms with E-state index in [4.69, 9.17) is 4.98 Å². The van der Waals surface area contributed by atoms with Gasteiger partial charge in [0, 0.05) is 38.1 Å². The molecule has 4 rings (SSSR count). The Balaban J connectivity index is 1.85. The Bertz CT molecular complexity index is 1260. The molecule has 31 heavy (non-hydrogen) atoms. The topological polar surface area (TPSA) is 105 Å². The number of hydrogen-bond acceptors (Lipinski definition) is 7. The van der Waals surface area contributed by atoms with Crippen molar-refractivity contribution in [2.24, 2.45) is 7.05 Å². The average molecular weight is 439 g/mol. The largest absolute Gasteiger partial charge is 0.478 e. The highest BCUT2D eigenvalue weighted by atomic mass is 32.2. The van der Waals surface area contributed by atoms with Crippen molar-refractivity contribution >= 4 is 34.8 Å². The fourth-order valence-electron chi connectivity index (χ4n) is 3.47. The van der Waals surface area contributed by atoms with E-state index in [0.29, 0.717) is 33.7 Å². The molecule has 1 fully saturated rings. The SMILES string of the molecule is CC#CCn1c(N2CCNCC2)nc2nc(Sc3ccccc3C(=O)O)n(C)c(=O)c21. The van der Waals surface area contributed by atoms with Crippen LogP contribution in [0.3, 0.4) is 0 Å². The number of fused-ring (bicyclic) bond motifs is 1. The highest BCUT2D eigenvalue weighted by Crippen LogP contribution is 2.30. The number of piperazine rings is 1. The summed E-state index contributed by atoms with van der Waals surface area (Å²) in [4.78, 5) is 36.8. The molecule has 0 atom stereocenters. The number of carboxylic acids is 1. The third kappa shape index (κ3) is 4.02. The standard InChI is InChI=1S/C21H22N6O3S/c1-3-4-11-27-16-17(23-20(27)26-12-9-22-10-13-26)24-21(25(2)18(16)28)31-15-8-6-5-7-14(15)19(29)30/h5-8,22H,9-13H2,1-2H3,(H,29,30). The van der Waals surface area contributed by atoms with Crippen molar-refractivity contribution in [3.63, 3.8) is 0 Å². The number of carboxylic acid groups (broad SMARTS) is 1. The number of nitrogens with one attached hydrogen (secondary N) is 1. The molecule has 3 heterocycles. The number of imidazole rings is 1. The molecule has 0 aliphatic carbocycles.